The second-order valence-corrected chi connectivity index (χ2v) is 7.46. The van der Waals surface area contributed by atoms with Gasteiger partial charge in [0.05, 0.1) is 12.6 Å². The number of anilines is 1. The third-order valence-corrected chi connectivity index (χ3v) is 3.78. The molecular weight excluding hydrogens is 292 g/mol. The van der Waals surface area contributed by atoms with Gasteiger partial charge in [-0.1, -0.05) is 20.8 Å². The number of benzene rings is 1. The topological polar surface area (TPSA) is 78.4 Å². The molecule has 1 unspecified atom stereocenters. The SMILES string of the molecule is CC(C)(C)CC(CO)NC(=O)c1ccc(NC(=O)C2CC2)cc1. The van der Waals surface area contributed by atoms with Crippen LogP contribution < -0.4 is 10.6 Å². The molecule has 1 aliphatic carbocycles. The van der Waals surface area contributed by atoms with Gasteiger partial charge in [0.2, 0.25) is 5.91 Å². The first-order valence-corrected chi connectivity index (χ1v) is 8.11. The molecule has 1 aromatic carbocycles. The number of amides is 2. The number of hydrogen-bond donors (Lipinski definition) is 3. The first kappa shape index (κ1) is 17.5. The largest absolute Gasteiger partial charge is 0.394 e. The van der Waals surface area contributed by atoms with Gasteiger partial charge in [-0.15, -0.1) is 0 Å². The number of aliphatic hydroxyl groups excluding tert-OH is 1. The Bertz CT molecular complexity index is 557. The summed E-state index contributed by atoms with van der Waals surface area (Å²) in [5.74, 6) is -0.0122. The number of hydrogen-bond acceptors (Lipinski definition) is 3. The zero-order valence-electron chi connectivity index (χ0n) is 14.1. The minimum Gasteiger partial charge on any atom is -0.394 e. The molecule has 1 aromatic rings. The molecule has 0 heterocycles. The van der Waals surface area contributed by atoms with Gasteiger partial charge in [0.15, 0.2) is 0 Å². The number of carbonyl (C=O) groups excluding carboxylic acids is 2. The Balaban J connectivity index is 1.92. The van der Waals surface area contributed by atoms with Gasteiger partial charge in [0.25, 0.3) is 5.91 Å². The molecular formula is C18H26N2O3. The molecule has 0 saturated heterocycles. The highest BCUT2D eigenvalue weighted by Crippen LogP contribution is 2.30. The van der Waals surface area contributed by atoms with E-state index >= 15 is 0 Å². The molecule has 2 amide bonds. The van der Waals surface area contributed by atoms with Crippen LogP contribution in [0.5, 0.6) is 0 Å². The van der Waals surface area contributed by atoms with Crippen LogP contribution in [0.3, 0.4) is 0 Å². The van der Waals surface area contributed by atoms with E-state index in [0.29, 0.717) is 17.7 Å². The zero-order chi connectivity index (χ0) is 17.0. The van der Waals surface area contributed by atoms with E-state index in [9.17, 15) is 14.7 Å². The molecule has 5 heteroatoms. The Morgan fingerprint density at radius 1 is 1.22 bits per heavy atom. The molecule has 3 N–H and O–H groups in total. The molecule has 1 atom stereocenters. The van der Waals surface area contributed by atoms with Crippen molar-refractivity contribution in [1.82, 2.24) is 5.32 Å². The predicted molar refractivity (Wildman–Crippen MR) is 90.2 cm³/mol. The predicted octanol–water partition coefficient (Wildman–Crippen LogP) is 2.56. The molecule has 5 nitrogen and oxygen atoms in total. The Labute approximate surface area is 137 Å². The van der Waals surface area contributed by atoms with Crippen molar-refractivity contribution >= 4 is 17.5 Å². The minimum absolute atomic E-state index is 0.0254. The summed E-state index contributed by atoms with van der Waals surface area (Å²) < 4.78 is 0. The van der Waals surface area contributed by atoms with E-state index < -0.39 is 0 Å². The number of carbonyl (C=O) groups is 2. The van der Waals surface area contributed by atoms with Gasteiger partial charge >= 0.3 is 0 Å². The first-order valence-electron chi connectivity index (χ1n) is 8.11. The number of rotatable bonds is 6. The van der Waals surface area contributed by atoms with Crippen molar-refractivity contribution in [2.24, 2.45) is 11.3 Å². The summed E-state index contributed by atoms with van der Waals surface area (Å²) in [4.78, 5) is 23.9. The summed E-state index contributed by atoms with van der Waals surface area (Å²) in [5, 5.41) is 15.1. The summed E-state index contributed by atoms with van der Waals surface area (Å²) in [6, 6.07) is 6.56. The van der Waals surface area contributed by atoms with Crippen molar-refractivity contribution in [3.8, 4) is 0 Å². The summed E-state index contributed by atoms with van der Waals surface area (Å²) in [6.45, 7) is 6.12. The average molecular weight is 318 g/mol. The van der Waals surface area contributed by atoms with Crippen molar-refractivity contribution in [3.05, 3.63) is 29.8 Å². The average Bonchev–Trinajstić information content (AvgIpc) is 3.30. The molecule has 1 saturated carbocycles. The van der Waals surface area contributed by atoms with Gasteiger partial charge in [-0.05, 0) is 48.9 Å². The van der Waals surface area contributed by atoms with Crippen LogP contribution in [0.15, 0.2) is 24.3 Å². The first-order chi connectivity index (χ1) is 10.8. The van der Waals surface area contributed by atoms with Gasteiger partial charge in [0, 0.05) is 17.2 Å². The second kappa shape index (κ2) is 7.13. The van der Waals surface area contributed by atoms with E-state index in [4.69, 9.17) is 0 Å². The molecule has 1 aliphatic rings. The van der Waals surface area contributed by atoms with Crippen LogP contribution in [0.1, 0.15) is 50.4 Å². The summed E-state index contributed by atoms with van der Waals surface area (Å²) in [5.41, 5.74) is 1.24. The molecule has 0 aliphatic heterocycles. The Kier molecular flexibility index (Phi) is 5.42. The molecule has 0 spiro atoms. The normalized spacial score (nSPS) is 15.8. The second-order valence-electron chi connectivity index (χ2n) is 7.46. The van der Waals surface area contributed by atoms with Crippen molar-refractivity contribution in [1.29, 1.82) is 0 Å². The lowest BCUT2D eigenvalue weighted by Gasteiger charge is -2.25. The molecule has 0 aromatic heterocycles. The highest BCUT2D eigenvalue weighted by Gasteiger charge is 2.29. The van der Waals surface area contributed by atoms with Crippen LogP contribution in [0, 0.1) is 11.3 Å². The minimum atomic E-state index is -0.267. The fourth-order valence-corrected chi connectivity index (χ4v) is 2.46. The van der Waals surface area contributed by atoms with Crippen molar-refractivity contribution in [3.63, 3.8) is 0 Å². The molecule has 2 rings (SSSR count). The van der Waals surface area contributed by atoms with E-state index in [1.807, 2.05) is 0 Å². The summed E-state index contributed by atoms with van der Waals surface area (Å²) in [7, 11) is 0. The molecule has 126 valence electrons. The third-order valence-electron chi connectivity index (χ3n) is 3.78. The fraction of sp³-hybridized carbons (Fsp3) is 0.556. The third kappa shape index (κ3) is 5.67. The van der Waals surface area contributed by atoms with Crippen LogP contribution in [-0.2, 0) is 4.79 Å². The lowest BCUT2D eigenvalue weighted by Crippen LogP contribution is -2.40. The maximum atomic E-state index is 12.2. The van der Waals surface area contributed by atoms with E-state index in [0.717, 1.165) is 12.8 Å². The highest BCUT2D eigenvalue weighted by atomic mass is 16.3. The van der Waals surface area contributed by atoms with Crippen LogP contribution in [0.2, 0.25) is 0 Å². The smallest absolute Gasteiger partial charge is 0.251 e. The number of aliphatic hydroxyl groups is 1. The van der Waals surface area contributed by atoms with E-state index in [-0.39, 0.29) is 35.8 Å². The molecule has 0 bridgehead atoms. The van der Waals surface area contributed by atoms with Crippen molar-refractivity contribution in [2.45, 2.75) is 46.1 Å². The molecule has 1 fully saturated rings. The van der Waals surface area contributed by atoms with E-state index in [1.54, 1.807) is 24.3 Å². The Morgan fingerprint density at radius 3 is 2.30 bits per heavy atom. The lowest BCUT2D eigenvalue weighted by atomic mass is 9.88. The summed E-state index contributed by atoms with van der Waals surface area (Å²) >= 11 is 0. The Morgan fingerprint density at radius 2 is 1.83 bits per heavy atom. The van der Waals surface area contributed by atoms with E-state index in [2.05, 4.69) is 31.4 Å². The van der Waals surface area contributed by atoms with Gasteiger partial charge in [-0.3, -0.25) is 9.59 Å². The summed E-state index contributed by atoms with van der Waals surface area (Å²) in [6.07, 6.45) is 2.62. The van der Waals surface area contributed by atoms with Gasteiger partial charge < -0.3 is 15.7 Å². The van der Waals surface area contributed by atoms with Crippen molar-refractivity contribution in [2.75, 3.05) is 11.9 Å². The standard InChI is InChI=1S/C18H26N2O3/c1-18(2,3)10-15(11-21)20-17(23)13-6-8-14(9-7-13)19-16(22)12-4-5-12/h6-9,12,15,21H,4-5,10-11H2,1-3H3,(H,19,22)(H,20,23). The molecule has 0 radical (unpaired) electrons. The van der Waals surface area contributed by atoms with Gasteiger partial charge in [-0.25, -0.2) is 0 Å². The quantitative estimate of drug-likeness (QED) is 0.754. The van der Waals surface area contributed by atoms with Crippen LogP contribution in [0.4, 0.5) is 5.69 Å². The van der Waals surface area contributed by atoms with Crippen LogP contribution in [-0.4, -0.2) is 29.6 Å². The van der Waals surface area contributed by atoms with Gasteiger partial charge in [-0.2, -0.15) is 0 Å². The maximum absolute atomic E-state index is 12.2. The molecule has 23 heavy (non-hydrogen) atoms. The zero-order valence-corrected chi connectivity index (χ0v) is 14.1. The van der Waals surface area contributed by atoms with Crippen LogP contribution in [0.25, 0.3) is 0 Å². The fourth-order valence-electron chi connectivity index (χ4n) is 2.46. The highest BCUT2D eigenvalue weighted by molar-refractivity contribution is 5.96. The van der Waals surface area contributed by atoms with E-state index in [1.165, 1.54) is 0 Å². The van der Waals surface area contributed by atoms with Gasteiger partial charge in [0.1, 0.15) is 0 Å². The Hall–Kier alpha value is -1.88. The number of nitrogens with one attached hydrogen (secondary N) is 2. The van der Waals surface area contributed by atoms with Crippen LogP contribution >= 0.6 is 0 Å². The maximum Gasteiger partial charge on any atom is 0.251 e. The lowest BCUT2D eigenvalue weighted by molar-refractivity contribution is -0.117. The van der Waals surface area contributed by atoms with Crippen molar-refractivity contribution < 1.29 is 14.7 Å². The monoisotopic (exact) mass is 318 g/mol.